The maximum Gasteiger partial charge on any atom is 0.331 e. The van der Waals surface area contributed by atoms with E-state index >= 15 is 0 Å². The van der Waals surface area contributed by atoms with Crippen molar-refractivity contribution >= 4 is 5.91 Å². The van der Waals surface area contributed by atoms with Crippen molar-refractivity contribution < 1.29 is 9.90 Å². The minimum Gasteiger partial charge on any atom is -0.391 e. The lowest BCUT2D eigenvalue weighted by molar-refractivity contribution is -0.134. The molecule has 0 radical (unpaired) electrons. The van der Waals surface area contributed by atoms with Crippen LogP contribution in [0.15, 0.2) is 21.9 Å². The zero-order valence-electron chi connectivity index (χ0n) is 13.9. The Bertz CT molecular complexity index is 718. The molecule has 0 unspecified atom stereocenters. The Morgan fingerprint density at radius 1 is 1.21 bits per heavy atom. The molecule has 2 aliphatic rings. The number of aliphatic hydroxyl groups excluding tert-OH is 1. The SMILES string of the molecule is Cn1c(=O)ccn(CC(=O)N2CCN([C@@H]3CCC[C@@H]3O)CC2)c1=O. The van der Waals surface area contributed by atoms with Gasteiger partial charge in [0.05, 0.1) is 6.10 Å². The van der Waals surface area contributed by atoms with Gasteiger partial charge in [0.2, 0.25) is 5.91 Å². The number of carbonyl (C=O) groups excluding carboxylic acids is 1. The first-order valence-electron chi connectivity index (χ1n) is 8.44. The molecule has 1 aromatic heterocycles. The Hall–Kier alpha value is -1.93. The van der Waals surface area contributed by atoms with Crippen LogP contribution >= 0.6 is 0 Å². The van der Waals surface area contributed by atoms with Gasteiger partial charge in [-0.25, -0.2) is 4.79 Å². The smallest absolute Gasteiger partial charge is 0.331 e. The molecule has 1 aliphatic heterocycles. The predicted octanol–water partition coefficient (Wildman–Crippen LogP) is -1.40. The second-order valence-corrected chi connectivity index (χ2v) is 6.61. The van der Waals surface area contributed by atoms with E-state index in [-0.39, 0.29) is 30.2 Å². The number of nitrogens with zero attached hydrogens (tertiary/aromatic N) is 4. The maximum absolute atomic E-state index is 12.4. The fraction of sp³-hybridized carbons (Fsp3) is 0.688. The standard InChI is InChI=1S/C16H24N4O4/c1-17-14(22)5-6-20(16(17)24)11-15(23)19-9-7-18(8-10-19)12-3-2-4-13(12)21/h5-6,12-13,21H,2-4,7-11H2,1H3/t12-,13+/m1/s1. The Morgan fingerprint density at radius 2 is 1.92 bits per heavy atom. The molecule has 3 rings (SSSR count). The van der Waals surface area contributed by atoms with Crippen molar-refractivity contribution in [1.82, 2.24) is 18.9 Å². The van der Waals surface area contributed by atoms with Crippen molar-refractivity contribution in [3.8, 4) is 0 Å². The molecule has 2 fully saturated rings. The third-order valence-corrected chi connectivity index (χ3v) is 5.15. The molecule has 1 amide bonds. The summed E-state index contributed by atoms with van der Waals surface area (Å²) in [6.07, 6.45) is 4.05. The number of hydrogen-bond acceptors (Lipinski definition) is 5. The van der Waals surface area contributed by atoms with Crippen molar-refractivity contribution in [2.45, 2.75) is 38.0 Å². The molecular weight excluding hydrogens is 312 g/mol. The zero-order valence-corrected chi connectivity index (χ0v) is 13.9. The van der Waals surface area contributed by atoms with Crippen molar-refractivity contribution in [3.05, 3.63) is 33.1 Å². The van der Waals surface area contributed by atoms with Crippen LogP contribution in [0.2, 0.25) is 0 Å². The van der Waals surface area contributed by atoms with E-state index in [0.29, 0.717) is 13.1 Å². The summed E-state index contributed by atoms with van der Waals surface area (Å²) in [6.45, 7) is 2.63. The van der Waals surface area contributed by atoms with Gasteiger partial charge in [0.1, 0.15) is 6.54 Å². The van der Waals surface area contributed by atoms with E-state index in [1.165, 1.54) is 23.9 Å². The minimum absolute atomic E-state index is 0.0565. The summed E-state index contributed by atoms with van der Waals surface area (Å²) in [6, 6.07) is 1.50. The van der Waals surface area contributed by atoms with Gasteiger partial charge in [-0.05, 0) is 19.3 Å². The average Bonchev–Trinajstić information content (AvgIpc) is 3.01. The van der Waals surface area contributed by atoms with E-state index in [2.05, 4.69) is 4.90 Å². The number of rotatable bonds is 3. The molecule has 8 nitrogen and oxygen atoms in total. The zero-order chi connectivity index (χ0) is 17.3. The van der Waals surface area contributed by atoms with Gasteiger partial charge in [-0.15, -0.1) is 0 Å². The van der Waals surface area contributed by atoms with Crippen molar-refractivity contribution in [3.63, 3.8) is 0 Å². The van der Waals surface area contributed by atoms with Crippen LogP contribution in [0.4, 0.5) is 0 Å². The Labute approximate surface area is 139 Å². The van der Waals surface area contributed by atoms with Crippen LogP contribution in [0.25, 0.3) is 0 Å². The van der Waals surface area contributed by atoms with E-state index in [1.807, 2.05) is 0 Å². The highest BCUT2D eigenvalue weighted by atomic mass is 16.3. The molecule has 1 aromatic rings. The quantitative estimate of drug-likeness (QED) is 0.734. The molecule has 0 bridgehead atoms. The summed E-state index contributed by atoms with van der Waals surface area (Å²) >= 11 is 0. The third-order valence-electron chi connectivity index (χ3n) is 5.15. The van der Waals surface area contributed by atoms with Gasteiger partial charge in [0, 0.05) is 51.5 Å². The molecule has 1 saturated carbocycles. The molecule has 132 valence electrons. The fourth-order valence-corrected chi connectivity index (χ4v) is 3.63. The lowest BCUT2D eigenvalue weighted by atomic mass is 10.1. The van der Waals surface area contributed by atoms with Gasteiger partial charge in [-0.1, -0.05) is 0 Å². The van der Waals surface area contributed by atoms with Gasteiger partial charge in [-0.2, -0.15) is 0 Å². The van der Waals surface area contributed by atoms with Crippen LogP contribution in [0.5, 0.6) is 0 Å². The fourth-order valence-electron chi connectivity index (χ4n) is 3.63. The van der Waals surface area contributed by atoms with Gasteiger partial charge >= 0.3 is 5.69 Å². The second-order valence-electron chi connectivity index (χ2n) is 6.61. The van der Waals surface area contributed by atoms with Crippen LogP contribution in [0.3, 0.4) is 0 Å². The number of hydrogen-bond donors (Lipinski definition) is 1. The largest absolute Gasteiger partial charge is 0.391 e. The molecule has 8 heteroatoms. The van der Waals surface area contributed by atoms with Crippen molar-refractivity contribution in [2.75, 3.05) is 26.2 Å². The molecule has 1 saturated heterocycles. The first-order valence-corrected chi connectivity index (χ1v) is 8.44. The first-order chi connectivity index (χ1) is 11.5. The Morgan fingerprint density at radius 3 is 2.54 bits per heavy atom. The molecular formula is C16H24N4O4. The summed E-state index contributed by atoms with van der Waals surface area (Å²) in [4.78, 5) is 39.8. The summed E-state index contributed by atoms with van der Waals surface area (Å²) in [5, 5.41) is 10.0. The van der Waals surface area contributed by atoms with Gasteiger partial charge in [0.15, 0.2) is 0 Å². The summed E-state index contributed by atoms with van der Waals surface area (Å²) in [7, 11) is 1.40. The number of piperazine rings is 1. The molecule has 2 heterocycles. The first kappa shape index (κ1) is 16.9. The number of amides is 1. The van der Waals surface area contributed by atoms with E-state index in [9.17, 15) is 19.5 Å². The van der Waals surface area contributed by atoms with Crippen molar-refractivity contribution in [2.24, 2.45) is 7.05 Å². The predicted molar refractivity (Wildman–Crippen MR) is 87.7 cm³/mol. The molecule has 1 N–H and O–H groups in total. The normalized spacial score (nSPS) is 25.2. The van der Waals surface area contributed by atoms with Crippen LogP contribution in [-0.2, 0) is 18.4 Å². The highest BCUT2D eigenvalue weighted by Crippen LogP contribution is 2.25. The molecule has 2 atom stereocenters. The van der Waals surface area contributed by atoms with Crippen LogP contribution in [0.1, 0.15) is 19.3 Å². The summed E-state index contributed by atoms with van der Waals surface area (Å²) in [5.74, 6) is -0.123. The minimum atomic E-state index is -0.483. The van der Waals surface area contributed by atoms with Crippen LogP contribution in [-0.4, -0.2) is 68.3 Å². The van der Waals surface area contributed by atoms with E-state index < -0.39 is 5.69 Å². The molecule has 0 aromatic carbocycles. The lowest BCUT2D eigenvalue weighted by Gasteiger charge is -2.39. The summed E-state index contributed by atoms with van der Waals surface area (Å²) in [5.41, 5.74) is -0.865. The average molecular weight is 336 g/mol. The van der Waals surface area contributed by atoms with Gasteiger partial charge in [0.25, 0.3) is 5.56 Å². The second kappa shape index (κ2) is 6.90. The van der Waals surface area contributed by atoms with E-state index in [4.69, 9.17) is 0 Å². The molecule has 24 heavy (non-hydrogen) atoms. The monoisotopic (exact) mass is 336 g/mol. The Balaban J connectivity index is 1.59. The lowest BCUT2D eigenvalue weighted by Crippen LogP contribution is -2.54. The van der Waals surface area contributed by atoms with Crippen LogP contribution in [0, 0.1) is 0 Å². The van der Waals surface area contributed by atoms with Gasteiger partial charge < -0.3 is 10.0 Å². The van der Waals surface area contributed by atoms with Gasteiger partial charge in [-0.3, -0.25) is 23.6 Å². The number of aromatic nitrogens is 2. The molecule has 0 spiro atoms. The highest BCUT2D eigenvalue weighted by Gasteiger charge is 2.33. The Kier molecular flexibility index (Phi) is 4.86. The number of aliphatic hydroxyl groups is 1. The van der Waals surface area contributed by atoms with E-state index in [1.54, 1.807) is 4.90 Å². The van der Waals surface area contributed by atoms with Crippen molar-refractivity contribution in [1.29, 1.82) is 0 Å². The highest BCUT2D eigenvalue weighted by molar-refractivity contribution is 5.76. The van der Waals surface area contributed by atoms with Crippen LogP contribution < -0.4 is 11.2 Å². The topological polar surface area (TPSA) is 87.8 Å². The third kappa shape index (κ3) is 3.29. The molecule has 1 aliphatic carbocycles. The number of carbonyl (C=O) groups is 1. The van der Waals surface area contributed by atoms with E-state index in [0.717, 1.165) is 36.9 Å². The maximum atomic E-state index is 12.4. The summed E-state index contributed by atoms with van der Waals surface area (Å²) < 4.78 is 2.25.